The van der Waals surface area contributed by atoms with Crippen LogP contribution in [0.4, 0.5) is 5.69 Å². The number of amidine groups is 1. The summed E-state index contributed by atoms with van der Waals surface area (Å²) in [5.41, 5.74) is 2.22. The van der Waals surface area contributed by atoms with E-state index in [0.717, 1.165) is 11.1 Å². The highest BCUT2D eigenvalue weighted by Crippen LogP contribution is 2.44. The van der Waals surface area contributed by atoms with Crippen LogP contribution in [0.25, 0.3) is 6.08 Å². The first-order valence-electron chi connectivity index (χ1n) is 9.93. The van der Waals surface area contributed by atoms with E-state index in [9.17, 15) is 4.79 Å². The van der Waals surface area contributed by atoms with Crippen molar-refractivity contribution in [3.05, 3.63) is 88.6 Å². The van der Waals surface area contributed by atoms with Crippen molar-refractivity contribution in [3.63, 3.8) is 0 Å². The summed E-state index contributed by atoms with van der Waals surface area (Å²) in [6.45, 7) is 0.250. The molecule has 1 fully saturated rings. The van der Waals surface area contributed by atoms with E-state index in [-0.39, 0.29) is 12.5 Å². The monoisotopic (exact) mass is 674 g/mol. The number of hydrogen-bond acceptors (Lipinski definition) is 5. The second-order valence-electron chi connectivity index (χ2n) is 7.12. The Morgan fingerprint density at radius 3 is 2.57 bits per heavy atom. The number of halogens is 5. The summed E-state index contributed by atoms with van der Waals surface area (Å²) in [6.07, 6.45) is 1.75. The highest BCUT2D eigenvalue weighted by molar-refractivity contribution is 9.13. The van der Waals surface area contributed by atoms with Gasteiger partial charge < -0.3 is 14.8 Å². The van der Waals surface area contributed by atoms with Crippen molar-refractivity contribution in [2.75, 3.05) is 7.11 Å². The lowest BCUT2D eigenvalue weighted by Crippen LogP contribution is -2.19. The molecule has 1 heterocycles. The molecule has 5 nitrogen and oxygen atoms in total. The van der Waals surface area contributed by atoms with Gasteiger partial charge in [0.15, 0.2) is 16.7 Å². The smallest absolute Gasteiger partial charge is 0.264 e. The van der Waals surface area contributed by atoms with Crippen LogP contribution in [0, 0.1) is 0 Å². The SMILES string of the molecule is COc1cc(/C=C2\SC(=Nc3cccc(Cl)c3)NC2=O)c(Br)c(Br)c1OCc1ccc(Cl)c(Cl)c1. The molecular formula is C24H15Br2Cl3N2O3S. The molecule has 1 N–H and O–H groups in total. The number of nitrogens with zero attached hydrogens (tertiary/aromatic N) is 1. The molecule has 11 heteroatoms. The molecule has 0 unspecified atom stereocenters. The number of thioether (sulfide) groups is 1. The van der Waals surface area contributed by atoms with E-state index >= 15 is 0 Å². The van der Waals surface area contributed by atoms with Gasteiger partial charge in [0.25, 0.3) is 5.91 Å². The molecule has 3 aromatic carbocycles. The van der Waals surface area contributed by atoms with Crippen LogP contribution in [0.2, 0.25) is 15.1 Å². The average Bonchev–Trinajstić information content (AvgIpc) is 3.16. The zero-order valence-corrected chi connectivity index (χ0v) is 24.1. The van der Waals surface area contributed by atoms with E-state index in [2.05, 4.69) is 42.2 Å². The molecule has 180 valence electrons. The fraction of sp³-hybridized carbons (Fsp3) is 0.0833. The number of nitrogens with one attached hydrogen (secondary N) is 1. The van der Waals surface area contributed by atoms with Gasteiger partial charge >= 0.3 is 0 Å². The number of rotatable bonds is 6. The fourth-order valence-corrected chi connectivity index (χ4v) is 5.35. The Hall–Kier alpha value is -1.68. The molecule has 1 saturated heterocycles. The molecule has 35 heavy (non-hydrogen) atoms. The maximum Gasteiger partial charge on any atom is 0.264 e. The number of aliphatic imine (C=N–C) groups is 1. The van der Waals surface area contributed by atoms with Crippen LogP contribution in [-0.4, -0.2) is 18.2 Å². The molecule has 0 saturated carbocycles. The van der Waals surface area contributed by atoms with E-state index < -0.39 is 0 Å². The summed E-state index contributed by atoms with van der Waals surface area (Å²) in [5.74, 6) is 0.736. The summed E-state index contributed by atoms with van der Waals surface area (Å²) >= 11 is 26.5. The van der Waals surface area contributed by atoms with Gasteiger partial charge in [0.2, 0.25) is 0 Å². The Morgan fingerprint density at radius 2 is 1.86 bits per heavy atom. The number of methoxy groups -OCH3 is 1. The molecular weight excluding hydrogens is 663 g/mol. The van der Waals surface area contributed by atoms with Gasteiger partial charge in [0, 0.05) is 9.50 Å². The lowest BCUT2D eigenvalue weighted by molar-refractivity contribution is -0.115. The van der Waals surface area contributed by atoms with Crippen LogP contribution in [-0.2, 0) is 11.4 Å². The predicted octanol–water partition coefficient (Wildman–Crippen LogP) is 8.65. The van der Waals surface area contributed by atoms with Crippen LogP contribution in [0.1, 0.15) is 11.1 Å². The molecule has 0 aromatic heterocycles. The lowest BCUT2D eigenvalue weighted by Gasteiger charge is -2.16. The predicted molar refractivity (Wildman–Crippen MR) is 151 cm³/mol. The van der Waals surface area contributed by atoms with Crippen LogP contribution in [0.5, 0.6) is 11.5 Å². The normalized spacial score (nSPS) is 15.5. The molecule has 3 aromatic rings. The minimum absolute atomic E-state index is 0.250. The Morgan fingerprint density at radius 1 is 1.06 bits per heavy atom. The summed E-state index contributed by atoms with van der Waals surface area (Å²) in [6, 6.07) is 14.2. The molecule has 0 bridgehead atoms. The van der Waals surface area contributed by atoms with Crippen LogP contribution in [0.3, 0.4) is 0 Å². The summed E-state index contributed by atoms with van der Waals surface area (Å²) in [5, 5.41) is 4.73. The molecule has 0 spiro atoms. The van der Waals surface area contributed by atoms with E-state index in [4.69, 9.17) is 44.3 Å². The van der Waals surface area contributed by atoms with Gasteiger partial charge in [-0.1, -0.05) is 46.9 Å². The molecule has 4 rings (SSSR count). The number of ether oxygens (including phenoxy) is 2. The van der Waals surface area contributed by atoms with E-state index in [1.165, 1.54) is 11.8 Å². The molecule has 0 aliphatic carbocycles. The van der Waals surface area contributed by atoms with Gasteiger partial charge in [-0.05, 0) is 97.2 Å². The molecule has 1 aliphatic heterocycles. The van der Waals surface area contributed by atoms with Crippen molar-refractivity contribution in [1.29, 1.82) is 0 Å². The van der Waals surface area contributed by atoms with Crippen LogP contribution in [0.15, 0.2) is 67.4 Å². The molecule has 0 radical (unpaired) electrons. The Kier molecular flexibility index (Phi) is 8.73. The zero-order chi connectivity index (χ0) is 25.1. The second-order valence-corrected chi connectivity index (χ2v) is 11.0. The Bertz CT molecular complexity index is 1380. The third-order valence-corrected chi connectivity index (χ3v) is 8.75. The first kappa shape index (κ1) is 26.4. The highest BCUT2D eigenvalue weighted by atomic mass is 79.9. The first-order valence-corrected chi connectivity index (χ1v) is 13.5. The largest absolute Gasteiger partial charge is 0.493 e. The highest BCUT2D eigenvalue weighted by Gasteiger charge is 2.25. The third-order valence-electron chi connectivity index (χ3n) is 4.72. The molecule has 1 amide bonds. The Balaban J connectivity index is 1.59. The zero-order valence-electron chi connectivity index (χ0n) is 17.9. The van der Waals surface area contributed by atoms with Gasteiger partial charge in [0.1, 0.15) is 6.61 Å². The number of amides is 1. The number of hydrogen-bond donors (Lipinski definition) is 1. The quantitative estimate of drug-likeness (QED) is 0.266. The van der Waals surface area contributed by atoms with Crippen LogP contribution < -0.4 is 14.8 Å². The second kappa shape index (κ2) is 11.6. The lowest BCUT2D eigenvalue weighted by atomic mass is 10.1. The van der Waals surface area contributed by atoms with Gasteiger partial charge in [-0.3, -0.25) is 4.79 Å². The first-order chi connectivity index (χ1) is 16.7. The fourth-order valence-electron chi connectivity index (χ4n) is 3.07. The number of carbonyl (C=O) groups excluding carboxylic acids is 1. The minimum atomic E-state index is -0.252. The summed E-state index contributed by atoms with van der Waals surface area (Å²) in [7, 11) is 1.55. The van der Waals surface area contributed by atoms with Crippen molar-refractivity contribution in [2.45, 2.75) is 6.61 Å². The number of benzene rings is 3. The molecule has 0 atom stereocenters. The minimum Gasteiger partial charge on any atom is -0.493 e. The van der Waals surface area contributed by atoms with Gasteiger partial charge in [-0.15, -0.1) is 0 Å². The Labute approximate surface area is 238 Å². The number of carbonyl (C=O) groups is 1. The van der Waals surface area contributed by atoms with Crippen molar-refractivity contribution >= 4 is 101 Å². The van der Waals surface area contributed by atoms with Crippen molar-refractivity contribution in [2.24, 2.45) is 4.99 Å². The van der Waals surface area contributed by atoms with E-state index in [0.29, 0.717) is 51.3 Å². The van der Waals surface area contributed by atoms with Gasteiger partial charge in [-0.2, -0.15) is 0 Å². The van der Waals surface area contributed by atoms with Gasteiger partial charge in [0.05, 0.1) is 32.2 Å². The topological polar surface area (TPSA) is 59.9 Å². The third kappa shape index (κ3) is 6.37. The standard InChI is InChI=1S/C24H15Br2Cl3N2O3S/c1-33-18-8-13(9-19-23(32)31-24(35-19)30-15-4-2-3-14(27)10-15)20(25)21(26)22(18)34-11-12-5-6-16(28)17(29)7-12/h2-10H,11H2,1H3,(H,30,31,32)/b19-9-. The van der Waals surface area contributed by atoms with Gasteiger partial charge in [-0.25, -0.2) is 4.99 Å². The van der Waals surface area contributed by atoms with Crippen molar-refractivity contribution in [1.82, 2.24) is 5.32 Å². The summed E-state index contributed by atoms with van der Waals surface area (Å²) in [4.78, 5) is 17.5. The average molecular weight is 678 g/mol. The maximum absolute atomic E-state index is 12.6. The van der Waals surface area contributed by atoms with Crippen LogP contribution >= 0.6 is 78.4 Å². The van der Waals surface area contributed by atoms with Crippen molar-refractivity contribution in [3.8, 4) is 11.5 Å². The summed E-state index contributed by atoms with van der Waals surface area (Å²) < 4.78 is 12.9. The van der Waals surface area contributed by atoms with E-state index in [1.807, 2.05) is 12.1 Å². The van der Waals surface area contributed by atoms with E-state index in [1.54, 1.807) is 49.6 Å². The maximum atomic E-state index is 12.6. The van der Waals surface area contributed by atoms with Crippen molar-refractivity contribution < 1.29 is 14.3 Å². The molecule has 1 aliphatic rings.